The minimum atomic E-state index is -4.50. The highest BCUT2D eigenvalue weighted by atomic mass is 19.4. The van der Waals surface area contributed by atoms with Crippen LogP contribution >= 0.6 is 0 Å². The van der Waals surface area contributed by atoms with Crippen molar-refractivity contribution < 1.29 is 18.0 Å². The van der Waals surface area contributed by atoms with E-state index in [4.69, 9.17) is 0 Å². The molecule has 0 unspecified atom stereocenters. The van der Waals surface area contributed by atoms with Crippen LogP contribution in [0.2, 0.25) is 0 Å². The van der Waals surface area contributed by atoms with Gasteiger partial charge < -0.3 is 10.6 Å². The number of hydrogen-bond acceptors (Lipinski definition) is 5. The maximum absolute atomic E-state index is 12.4. The van der Waals surface area contributed by atoms with Crippen LogP contribution in [0.25, 0.3) is 0 Å². The Morgan fingerprint density at radius 3 is 2.38 bits per heavy atom. The smallest absolute Gasteiger partial charge is 0.354 e. The number of alkyl halides is 3. The molecule has 2 rings (SSSR count). The van der Waals surface area contributed by atoms with Crippen molar-refractivity contribution in [3.8, 4) is 0 Å². The van der Waals surface area contributed by atoms with E-state index < -0.39 is 11.9 Å². The fourth-order valence-corrected chi connectivity index (χ4v) is 1.95. The number of halogens is 3. The first-order valence-corrected chi connectivity index (χ1v) is 7.13. The molecule has 0 saturated heterocycles. The van der Waals surface area contributed by atoms with Gasteiger partial charge in [-0.25, -0.2) is 15.0 Å². The molecule has 0 spiro atoms. The molecule has 128 valence electrons. The Balaban J connectivity index is 1.83. The van der Waals surface area contributed by atoms with Gasteiger partial charge in [0, 0.05) is 24.4 Å². The summed E-state index contributed by atoms with van der Waals surface area (Å²) in [6.45, 7) is 3.97. The molecule has 2 aromatic rings. The topological polar surface area (TPSA) is 79.8 Å². The van der Waals surface area contributed by atoms with Crippen molar-refractivity contribution in [2.75, 3.05) is 17.2 Å². The minimum absolute atomic E-state index is 0.109. The minimum Gasteiger partial charge on any atom is -0.354 e. The van der Waals surface area contributed by atoms with E-state index in [0.717, 1.165) is 29.7 Å². The van der Waals surface area contributed by atoms with E-state index in [9.17, 15) is 18.0 Å². The van der Waals surface area contributed by atoms with Gasteiger partial charge >= 0.3 is 6.18 Å². The third kappa shape index (κ3) is 5.18. The second-order valence-electron chi connectivity index (χ2n) is 5.13. The lowest BCUT2D eigenvalue weighted by Crippen LogP contribution is -2.17. The van der Waals surface area contributed by atoms with Crippen LogP contribution in [0.3, 0.4) is 0 Å². The number of pyridine rings is 1. The molecule has 0 aliphatic heterocycles. The van der Waals surface area contributed by atoms with Crippen LogP contribution < -0.4 is 10.6 Å². The van der Waals surface area contributed by atoms with Crippen molar-refractivity contribution in [2.24, 2.45) is 0 Å². The number of carbonyl (C=O) groups excluding carboxylic acids is 1. The Bertz CT molecular complexity index is 696. The van der Waals surface area contributed by atoms with Crippen molar-refractivity contribution in [1.29, 1.82) is 0 Å². The Morgan fingerprint density at radius 1 is 1.17 bits per heavy atom. The van der Waals surface area contributed by atoms with Crippen LogP contribution in [-0.4, -0.2) is 27.4 Å². The van der Waals surface area contributed by atoms with Gasteiger partial charge in [-0.15, -0.1) is 0 Å². The molecule has 24 heavy (non-hydrogen) atoms. The largest absolute Gasteiger partial charge is 0.433 e. The van der Waals surface area contributed by atoms with Crippen molar-refractivity contribution in [3.63, 3.8) is 0 Å². The second kappa shape index (κ2) is 7.24. The summed E-state index contributed by atoms with van der Waals surface area (Å²) < 4.78 is 37.2. The lowest BCUT2D eigenvalue weighted by atomic mass is 10.3. The number of hydrogen-bond donors (Lipinski definition) is 2. The molecule has 0 atom stereocenters. The summed E-state index contributed by atoms with van der Waals surface area (Å²) >= 11 is 0. The van der Waals surface area contributed by atoms with E-state index in [1.807, 2.05) is 19.9 Å². The summed E-state index contributed by atoms with van der Waals surface area (Å²) in [5, 5.41) is 5.40. The zero-order chi connectivity index (χ0) is 17.7. The Labute approximate surface area is 136 Å². The zero-order valence-corrected chi connectivity index (χ0v) is 13.1. The van der Waals surface area contributed by atoms with E-state index in [0.29, 0.717) is 12.5 Å². The van der Waals surface area contributed by atoms with E-state index in [2.05, 4.69) is 25.6 Å². The van der Waals surface area contributed by atoms with Crippen LogP contribution in [0, 0.1) is 13.8 Å². The average Bonchev–Trinajstić information content (AvgIpc) is 2.45. The summed E-state index contributed by atoms with van der Waals surface area (Å²) in [6, 6.07) is 3.81. The normalized spacial score (nSPS) is 11.2. The van der Waals surface area contributed by atoms with Gasteiger partial charge in [-0.2, -0.15) is 13.2 Å². The Kier molecular flexibility index (Phi) is 5.32. The number of carbonyl (C=O) groups is 1. The van der Waals surface area contributed by atoms with Gasteiger partial charge in [0.25, 0.3) is 0 Å². The van der Waals surface area contributed by atoms with Gasteiger partial charge in [0.1, 0.15) is 5.69 Å². The summed E-state index contributed by atoms with van der Waals surface area (Å²) in [4.78, 5) is 23.4. The number of nitrogens with zero attached hydrogens (tertiary/aromatic N) is 3. The monoisotopic (exact) mass is 339 g/mol. The first-order valence-electron chi connectivity index (χ1n) is 7.13. The molecule has 0 aliphatic carbocycles. The summed E-state index contributed by atoms with van der Waals surface area (Å²) in [7, 11) is 0. The van der Waals surface area contributed by atoms with E-state index in [-0.39, 0.29) is 18.0 Å². The van der Waals surface area contributed by atoms with Crippen molar-refractivity contribution in [1.82, 2.24) is 15.0 Å². The van der Waals surface area contributed by atoms with Crippen LogP contribution in [0.4, 0.5) is 24.8 Å². The maximum Gasteiger partial charge on any atom is 0.433 e. The number of aryl methyl sites for hydroxylation is 2. The van der Waals surface area contributed by atoms with Crippen molar-refractivity contribution in [3.05, 3.63) is 41.5 Å². The molecule has 0 saturated carbocycles. The Hall–Kier alpha value is -2.71. The molecule has 0 radical (unpaired) electrons. The molecule has 0 aliphatic rings. The fourth-order valence-electron chi connectivity index (χ4n) is 1.95. The quantitative estimate of drug-likeness (QED) is 0.875. The predicted molar refractivity (Wildman–Crippen MR) is 82.5 cm³/mol. The van der Waals surface area contributed by atoms with Gasteiger partial charge in [-0.3, -0.25) is 4.79 Å². The molecule has 0 aromatic carbocycles. The fraction of sp³-hybridized carbons (Fsp3) is 0.333. The maximum atomic E-state index is 12.4. The highest BCUT2D eigenvalue weighted by molar-refractivity contribution is 5.90. The number of amides is 1. The van der Waals surface area contributed by atoms with Crippen LogP contribution in [0.5, 0.6) is 0 Å². The summed E-state index contributed by atoms with van der Waals surface area (Å²) in [5.74, 6) is 0.0740. The molecule has 1 amide bonds. The van der Waals surface area contributed by atoms with Crippen molar-refractivity contribution >= 4 is 17.5 Å². The first kappa shape index (κ1) is 17.6. The molecular weight excluding hydrogens is 323 g/mol. The van der Waals surface area contributed by atoms with Crippen LogP contribution in [-0.2, 0) is 11.0 Å². The highest BCUT2D eigenvalue weighted by Gasteiger charge is 2.32. The lowest BCUT2D eigenvalue weighted by Gasteiger charge is -2.09. The highest BCUT2D eigenvalue weighted by Crippen LogP contribution is 2.27. The third-order valence-electron chi connectivity index (χ3n) is 2.96. The van der Waals surface area contributed by atoms with Crippen molar-refractivity contribution in [2.45, 2.75) is 26.4 Å². The molecule has 0 fully saturated rings. The van der Waals surface area contributed by atoms with Crippen LogP contribution in [0.15, 0.2) is 24.4 Å². The summed E-state index contributed by atoms with van der Waals surface area (Å²) in [5.41, 5.74) is 0.820. The first-order chi connectivity index (χ1) is 11.2. The zero-order valence-electron chi connectivity index (χ0n) is 13.1. The van der Waals surface area contributed by atoms with Gasteiger partial charge in [0.15, 0.2) is 0 Å². The Morgan fingerprint density at radius 2 is 1.83 bits per heavy atom. The predicted octanol–water partition coefficient (Wildman–Crippen LogP) is 2.95. The standard InChI is InChI=1S/C15H16F3N5O/c1-9-7-10(2)22-14(21-9)19-6-5-13(24)23-11-3-4-12(20-8-11)15(16,17)18/h3-4,7-8H,5-6H2,1-2H3,(H,23,24)(H,19,21,22). The SMILES string of the molecule is Cc1cc(C)nc(NCCC(=O)Nc2ccc(C(F)(F)F)nc2)n1. The number of rotatable bonds is 5. The molecule has 2 N–H and O–H groups in total. The van der Waals surface area contributed by atoms with Gasteiger partial charge in [0.2, 0.25) is 11.9 Å². The van der Waals surface area contributed by atoms with E-state index in [1.54, 1.807) is 0 Å². The number of nitrogens with one attached hydrogen (secondary N) is 2. The van der Waals surface area contributed by atoms with E-state index in [1.165, 1.54) is 0 Å². The van der Waals surface area contributed by atoms with Gasteiger partial charge in [-0.05, 0) is 32.0 Å². The molecule has 6 nitrogen and oxygen atoms in total. The lowest BCUT2D eigenvalue weighted by molar-refractivity contribution is -0.141. The molecule has 0 bridgehead atoms. The van der Waals surface area contributed by atoms with E-state index >= 15 is 0 Å². The molecule has 2 aromatic heterocycles. The van der Waals surface area contributed by atoms with Gasteiger partial charge in [0.05, 0.1) is 11.9 Å². The summed E-state index contributed by atoms with van der Waals surface area (Å²) in [6.07, 6.45) is -3.42. The molecule has 2 heterocycles. The molecule has 9 heteroatoms. The number of aromatic nitrogens is 3. The van der Waals surface area contributed by atoms with Crippen LogP contribution in [0.1, 0.15) is 23.5 Å². The third-order valence-corrected chi connectivity index (χ3v) is 2.96. The second-order valence-corrected chi connectivity index (χ2v) is 5.13. The molecular formula is C15H16F3N5O. The number of anilines is 2. The van der Waals surface area contributed by atoms with Gasteiger partial charge in [-0.1, -0.05) is 0 Å². The average molecular weight is 339 g/mol.